The van der Waals surface area contributed by atoms with Gasteiger partial charge in [-0.25, -0.2) is 0 Å². The van der Waals surface area contributed by atoms with Crippen molar-refractivity contribution in [2.75, 3.05) is 30.9 Å². The second-order valence-electron chi connectivity index (χ2n) is 7.18. The molecule has 2 aliphatic heterocycles. The number of para-hydroxylation sites is 1. The molecule has 0 aliphatic carbocycles. The van der Waals surface area contributed by atoms with E-state index in [1.807, 2.05) is 25.1 Å². The Balaban J connectivity index is 1.48. The van der Waals surface area contributed by atoms with Gasteiger partial charge >= 0.3 is 0 Å². The number of anilines is 1. The standard InChI is InChI=1S/C23H24N2O5S/c1-14(16-7-8-19-20(13-16)30-10-9-29-19)24-22(26)17-5-3-4-6-18(17)25-23(27)21-15(2)28-11-12-31-21/h3-8,13-14H,9-12H2,1-2H3,(H,24,26)(H,25,27). The maximum atomic E-state index is 13.0. The third-order valence-corrected chi connectivity index (χ3v) is 6.14. The molecule has 0 saturated carbocycles. The van der Waals surface area contributed by atoms with Crippen molar-refractivity contribution < 1.29 is 23.8 Å². The van der Waals surface area contributed by atoms with Crippen LogP contribution in [0.2, 0.25) is 0 Å². The minimum Gasteiger partial charge on any atom is -0.496 e. The molecule has 2 aromatic rings. The maximum absolute atomic E-state index is 13.0. The van der Waals surface area contributed by atoms with Crippen LogP contribution in [0.4, 0.5) is 5.69 Å². The third kappa shape index (κ3) is 4.80. The zero-order chi connectivity index (χ0) is 21.8. The predicted octanol–water partition coefficient (Wildman–Crippen LogP) is 3.88. The molecule has 2 aromatic carbocycles. The van der Waals surface area contributed by atoms with Crippen molar-refractivity contribution in [2.24, 2.45) is 0 Å². The maximum Gasteiger partial charge on any atom is 0.265 e. The number of ether oxygens (including phenoxy) is 3. The summed E-state index contributed by atoms with van der Waals surface area (Å²) in [6.45, 7) is 5.29. The average Bonchev–Trinajstić information content (AvgIpc) is 2.79. The molecule has 8 heteroatoms. The zero-order valence-electron chi connectivity index (χ0n) is 17.4. The Morgan fingerprint density at radius 3 is 2.55 bits per heavy atom. The Kier molecular flexibility index (Phi) is 6.36. The van der Waals surface area contributed by atoms with Crippen LogP contribution in [-0.4, -0.2) is 37.4 Å². The number of hydrogen-bond acceptors (Lipinski definition) is 6. The summed E-state index contributed by atoms with van der Waals surface area (Å²) in [5.41, 5.74) is 1.74. The fraction of sp³-hybridized carbons (Fsp3) is 0.304. The smallest absolute Gasteiger partial charge is 0.265 e. The third-order valence-electron chi connectivity index (χ3n) is 5.01. The lowest BCUT2D eigenvalue weighted by molar-refractivity contribution is -0.112. The summed E-state index contributed by atoms with van der Waals surface area (Å²) in [7, 11) is 0. The van der Waals surface area contributed by atoms with Crippen molar-refractivity contribution >= 4 is 29.3 Å². The fourth-order valence-electron chi connectivity index (χ4n) is 3.39. The molecule has 31 heavy (non-hydrogen) atoms. The van der Waals surface area contributed by atoms with E-state index in [1.165, 1.54) is 11.8 Å². The van der Waals surface area contributed by atoms with E-state index < -0.39 is 0 Å². The number of carbonyl (C=O) groups is 2. The van der Waals surface area contributed by atoms with Crippen molar-refractivity contribution in [3.63, 3.8) is 0 Å². The molecule has 0 bridgehead atoms. The number of fused-ring (bicyclic) bond motifs is 1. The number of nitrogens with one attached hydrogen (secondary N) is 2. The van der Waals surface area contributed by atoms with Crippen LogP contribution < -0.4 is 20.1 Å². The van der Waals surface area contributed by atoms with E-state index >= 15 is 0 Å². The molecule has 0 spiro atoms. The number of carbonyl (C=O) groups excluding carboxylic acids is 2. The first kappa shape index (κ1) is 21.1. The summed E-state index contributed by atoms with van der Waals surface area (Å²) in [6.07, 6.45) is 0. The van der Waals surface area contributed by atoms with E-state index in [0.717, 1.165) is 11.3 Å². The SMILES string of the molecule is CC1=C(C(=O)Nc2ccccc2C(=O)NC(C)c2ccc3c(c2)OCCO3)SCCO1. The molecule has 2 amide bonds. The van der Waals surface area contributed by atoms with Crippen LogP contribution in [0.5, 0.6) is 11.5 Å². The number of benzene rings is 2. The van der Waals surface area contributed by atoms with Crippen molar-refractivity contribution in [2.45, 2.75) is 19.9 Å². The topological polar surface area (TPSA) is 85.9 Å². The van der Waals surface area contributed by atoms with E-state index in [1.54, 1.807) is 31.2 Å². The molecule has 2 aliphatic rings. The second kappa shape index (κ2) is 9.34. The molecule has 162 valence electrons. The quantitative estimate of drug-likeness (QED) is 0.734. The second-order valence-corrected chi connectivity index (χ2v) is 8.29. The summed E-state index contributed by atoms with van der Waals surface area (Å²) in [6, 6.07) is 12.3. The average molecular weight is 441 g/mol. The number of rotatable bonds is 5. The lowest BCUT2D eigenvalue weighted by Gasteiger charge is -2.21. The van der Waals surface area contributed by atoms with Gasteiger partial charge in [-0.05, 0) is 43.7 Å². The predicted molar refractivity (Wildman–Crippen MR) is 119 cm³/mol. The lowest BCUT2D eigenvalue weighted by Crippen LogP contribution is -2.28. The number of allylic oxidation sites excluding steroid dienone is 1. The number of hydrogen-bond donors (Lipinski definition) is 2. The first-order valence-electron chi connectivity index (χ1n) is 10.1. The largest absolute Gasteiger partial charge is 0.496 e. The lowest BCUT2D eigenvalue weighted by atomic mass is 10.1. The normalized spacial score (nSPS) is 16.2. The molecule has 1 unspecified atom stereocenters. The summed E-state index contributed by atoms with van der Waals surface area (Å²) in [5.74, 6) is 2.14. The molecule has 7 nitrogen and oxygen atoms in total. The molecule has 4 rings (SSSR count). The van der Waals surface area contributed by atoms with Crippen molar-refractivity contribution in [1.29, 1.82) is 0 Å². The van der Waals surface area contributed by atoms with Crippen LogP contribution in [0.1, 0.15) is 35.8 Å². The van der Waals surface area contributed by atoms with Gasteiger partial charge in [0, 0.05) is 5.75 Å². The Labute approximate surface area is 185 Å². The van der Waals surface area contributed by atoms with Crippen LogP contribution in [0, 0.1) is 0 Å². The molecule has 0 radical (unpaired) electrons. The van der Waals surface area contributed by atoms with E-state index in [2.05, 4.69) is 10.6 Å². The highest BCUT2D eigenvalue weighted by Gasteiger charge is 2.22. The first-order chi connectivity index (χ1) is 15.0. The molecule has 2 heterocycles. The molecule has 0 saturated heterocycles. The van der Waals surface area contributed by atoms with E-state index in [4.69, 9.17) is 14.2 Å². The van der Waals surface area contributed by atoms with Gasteiger partial charge in [0.1, 0.15) is 23.9 Å². The highest BCUT2D eigenvalue weighted by atomic mass is 32.2. The molecular weight excluding hydrogens is 416 g/mol. The zero-order valence-corrected chi connectivity index (χ0v) is 18.2. The number of amides is 2. The van der Waals surface area contributed by atoms with Gasteiger partial charge in [-0.2, -0.15) is 0 Å². The molecule has 2 N–H and O–H groups in total. The van der Waals surface area contributed by atoms with Crippen LogP contribution in [0.3, 0.4) is 0 Å². The Bertz CT molecular complexity index is 1040. The van der Waals surface area contributed by atoms with Crippen LogP contribution in [0.15, 0.2) is 53.1 Å². The molecule has 1 atom stereocenters. The summed E-state index contributed by atoms with van der Waals surface area (Å²) < 4.78 is 16.7. The van der Waals surface area contributed by atoms with Crippen LogP contribution in [-0.2, 0) is 9.53 Å². The highest BCUT2D eigenvalue weighted by Crippen LogP contribution is 2.33. The summed E-state index contributed by atoms with van der Waals surface area (Å²) in [5, 5.41) is 5.84. The van der Waals surface area contributed by atoms with E-state index in [9.17, 15) is 9.59 Å². The monoisotopic (exact) mass is 440 g/mol. The minimum atomic E-state index is -0.281. The van der Waals surface area contributed by atoms with E-state index in [0.29, 0.717) is 53.2 Å². The van der Waals surface area contributed by atoms with Crippen LogP contribution >= 0.6 is 11.8 Å². The van der Waals surface area contributed by atoms with Gasteiger partial charge in [-0.3, -0.25) is 9.59 Å². The number of thioether (sulfide) groups is 1. The highest BCUT2D eigenvalue weighted by molar-refractivity contribution is 8.04. The molecular formula is C23H24N2O5S. The van der Waals surface area contributed by atoms with Gasteiger partial charge in [0.2, 0.25) is 0 Å². The Morgan fingerprint density at radius 2 is 1.74 bits per heavy atom. The van der Waals surface area contributed by atoms with Gasteiger partial charge in [0.15, 0.2) is 11.5 Å². The van der Waals surface area contributed by atoms with Gasteiger partial charge < -0.3 is 24.8 Å². The summed E-state index contributed by atoms with van der Waals surface area (Å²) in [4.78, 5) is 26.2. The van der Waals surface area contributed by atoms with Crippen molar-refractivity contribution in [3.05, 3.63) is 64.3 Å². The Hall–Kier alpha value is -3.13. The van der Waals surface area contributed by atoms with Crippen LogP contribution in [0.25, 0.3) is 0 Å². The van der Waals surface area contributed by atoms with Gasteiger partial charge in [-0.1, -0.05) is 18.2 Å². The van der Waals surface area contributed by atoms with Crippen molar-refractivity contribution in [1.82, 2.24) is 5.32 Å². The van der Waals surface area contributed by atoms with Gasteiger partial charge in [0.25, 0.3) is 11.8 Å². The van der Waals surface area contributed by atoms with Crippen molar-refractivity contribution in [3.8, 4) is 11.5 Å². The first-order valence-corrected chi connectivity index (χ1v) is 11.1. The molecule has 0 aromatic heterocycles. The Morgan fingerprint density at radius 1 is 0.968 bits per heavy atom. The summed E-state index contributed by atoms with van der Waals surface area (Å²) >= 11 is 1.45. The van der Waals surface area contributed by atoms with Gasteiger partial charge in [-0.15, -0.1) is 11.8 Å². The molecule has 0 fully saturated rings. The fourth-order valence-corrected chi connectivity index (χ4v) is 4.20. The minimum absolute atomic E-state index is 0.265. The van der Waals surface area contributed by atoms with E-state index in [-0.39, 0.29) is 17.9 Å². The van der Waals surface area contributed by atoms with Gasteiger partial charge in [0.05, 0.1) is 23.9 Å².